The Morgan fingerprint density at radius 3 is 2.92 bits per heavy atom. The highest BCUT2D eigenvalue weighted by Crippen LogP contribution is 2.25. The Labute approximate surface area is 73.1 Å². The van der Waals surface area contributed by atoms with Crippen molar-refractivity contribution >= 4 is 5.69 Å². The van der Waals surface area contributed by atoms with E-state index in [1.807, 2.05) is 6.20 Å². The molecule has 62 valence electrons. The number of allylic oxidation sites excluding steroid dienone is 1. The van der Waals surface area contributed by atoms with Crippen molar-refractivity contribution in [1.29, 1.82) is 0 Å². The third-order valence-corrected chi connectivity index (χ3v) is 2.24. The Balaban J connectivity index is 2.57. The predicted octanol–water partition coefficient (Wildman–Crippen LogP) is 2.79. The minimum Gasteiger partial charge on any atom is -0.362 e. The number of fused-ring (bicyclic) bond motifs is 1. The van der Waals surface area contributed by atoms with Gasteiger partial charge in [0.2, 0.25) is 0 Å². The van der Waals surface area contributed by atoms with Crippen LogP contribution < -0.4 is 5.32 Å². The summed E-state index contributed by atoms with van der Waals surface area (Å²) in [6.45, 7) is 4.30. The van der Waals surface area contributed by atoms with Crippen LogP contribution in [0.15, 0.2) is 24.4 Å². The highest BCUT2D eigenvalue weighted by molar-refractivity contribution is 5.62. The molecule has 0 bridgehead atoms. The quantitative estimate of drug-likeness (QED) is 0.613. The molecule has 0 fully saturated rings. The van der Waals surface area contributed by atoms with E-state index in [9.17, 15) is 0 Å². The van der Waals surface area contributed by atoms with E-state index >= 15 is 0 Å². The van der Waals surface area contributed by atoms with Crippen LogP contribution in [0.2, 0.25) is 0 Å². The summed E-state index contributed by atoms with van der Waals surface area (Å²) in [5.41, 5.74) is 5.40. The minimum atomic E-state index is 1.06. The molecule has 0 aromatic heterocycles. The largest absolute Gasteiger partial charge is 0.362 e. The SMILES string of the molecule is Cc1cc(C)c2c(c1)CC=CN2. The number of benzene rings is 1. The lowest BCUT2D eigenvalue weighted by Gasteiger charge is -2.16. The van der Waals surface area contributed by atoms with Gasteiger partial charge in [-0.15, -0.1) is 0 Å². The molecule has 1 aromatic rings. The number of aryl methyl sites for hydroxylation is 2. The molecule has 0 saturated carbocycles. The zero-order valence-electron chi connectivity index (χ0n) is 7.52. The van der Waals surface area contributed by atoms with Gasteiger partial charge in [0.05, 0.1) is 0 Å². The van der Waals surface area contributed by atoms with Crippen LogP contribution in [-0.2, 0) is 6.42 Å². The van der Waals surface area contributed by atoms with Gasteiger partial charge in [-0.25, -0.2) is 0 Å². The molecule has 0 spiro atoms. The average Bonchev–Trinajstić information content (AvgIpc) is 2.04. The molecule has 12 heavy (non-hydrogen) atoms. The van der Waals surface area contributed by atoms with E-state index in [1.165, 1.54) is 22.4 Å². The van der Waals surface area contributed by atoms with Gasteiger partial charge in [0, 0.05) is 5.69 Å². The first-order valence-electron chi connectivity index (χ1n) is 4.29. The zero-order chi connectivity index (χ0) is 8.55. The van der Waals surface area contributed by atoms with Crippen LogP contribution in [0, 0.1) is 13.8 Å². The molecule has 0 saturated heterocycles. The van der Waals surface area contributed by atoms with Crippen molar-refractivity contribution in [2.24, 2.45) is 0 Å². The first kappa shape index (κ1) is 7.41. The van der Waals surface area contributed by atoms with E-state index in [0.717, 1.165) is 6.42 Å². The van der Waals surface area contributed by atoms with Crippen LogP contribution in [0.3, 0.4) is 0 Å². The van der Waals surface area contributed by atoms with E-state index in [4.69, 9.17) is 0 Å². The van der Waals surface area contributed by atoms with Crippen LogP contribution in [0.4, 0.5) is 5.69 Å². The van der Waals surface area contributed by atoms with Crippen LogP contribution in [0.1, 0.15) is 16.7 Å². The summed E-state index contributed by atoms with van der Waals surface area (Å²) in [6, 6.07) is 4.46. The molecular formula is C11H13N. The van der Waals surface area contributed by atoms with E-state index in [-0.39, 0.29) is 0 Å². The molecule has 1 aromatic carbocycles. The average molecular weight is 159 g/mol. The Hall–Kier alpha value is -1.24. The van der Waals surface area contributed by atoms with Crippen molar-refractivity contribution in [2.45, 2.75) is 20.3 Å². The van der Waals surface area contributed by atoms with Gasteiger partial charge in [-0.3, -0.25) is 0 Å². The molecule has 0 aliphatic carbocycles. The number of anilines is 1. The topological polar surface area (TPSA) is 12.0 Å². The number of rotatable bonds is 0. The van der Waals surface area contributed by atoms with Gasteiger partial charge in [-0.1, -0.05) is 23.8 Å². The zero-order valence-corrected chi connectivity index (χ0v) is 7.52. The van der Waals surface area contributed by atoms with E-state index in [1.54, 1.807) is 0 Å². The third kappa shape index (κ3) is 1.11. The third-order valence-electron chi connectivity index (χ3n) is 2.24. The standard InChI is InChI=1S/C11H13N/c1-8-6-9(2)11-10(7-8)4-3-5-12-11/h3,5-7,12H,4H2,1-2H3. The van der Waals surface area contributed by atoms with Crippen LogP contribution in [-0.4, -0.2) is 0 Å². The monoisotopic (exact) mass is 159 g/mol. The number of nitrogens with one attached hydrogen (secondary N) is 1. The maximum Gasteiger partial charge on any atom is 0.0445 e. The molecule has 2 rings (SSSR count). The second-order valence-electron chi connectivity index (χ2n) is 3.37. The smallest absolute Gasteiger partial charge is 0.0445 e. The maximum absolute atomic E-state index is 3.28. The fourth-order valence-corrected chi connectivity index (χ4v) is 1.75. The minimum absolute atomic E-state index is 1.06. The van der Waals surface area contributed by atoms with Crippen molar-refractivity contribution in [3.8, 4) is 0 Å². The molecule has 1 N–H and O–H groups in total. The molecule has 0 atom stereocenters. The molecule has 0 radical (unpaired) electrons. The number of hydrogen-bond acceptors (Lipinski definition) is 1. The van der Waals surface area contributed by atoms with Crippen molar-refractivity contribution in [3.05, 3.63) is 41.1 Å². The van der Waals surface area contributed by atoms with E-state index < -0.39 is 0 Å². The van der Waals surface area contributed by atoms with Crippen molar-refractivity contribution in [2.75, 3.05) is 5.32 Å². The van der Waals surface area contributed by atoms with Crippen LogP contribution in [0.25, 0.3) is 0 Å². The maximum atomic E-state index is 3.28. The second kappa shape index (κ2) is 2.67. The Morgan fingerprint density at radius 1 is 1.25 bits per heavy atom. The van der Waals surface area contributed by atoms with Crippen molar-refractivity contribution in [3.63, 3.8) is 0 Å². The normalized spacial score (nSPS) is 13.8. The van der Waals surface area contributed by atoms with Gasteiger partial charge in [0.1, 0.15) is 0 Å². The molecule has 0 amide bonds. The summed E-state index contributed by atoms with van der Waals surface area (Å²) in [4.78, 5) is 0. The summed E-state index contributed by atoms with van der Waals surface area (Å²) < 4.78 is 0. The van der Waals surface area contributed by atoms with Gasteiger partial charge in [0.15, 0.2) is 0 Å². The molecule has 0 unspecified atom stereocenters. The first-order valence-corrected chi connectivity index (χ1v) is 4.29. The van der Waals surface area contributed by atoms with Crippen LogP contribution >= 0.6 is 0 Å². The summed E-state index contributed by atoms with van der Waals surface area (Å²) >= 11 is 0. The van der Waals surface area contributed by atoms with Crippen molar-refractivity contribution < 1.29 is 0 Å². The highest BCUT2D eigenvalue weighted by atomic mass is 14.9. The Morgan fingerprint density at radius 2 is 2.08 bits per heavy atom. The lowest BCUT2D eigenvalue weighted by molar-refractivity contribution is 1.19. The molecule has 1 heteroatoms. The highest BCUT2D eigenvalue weighted by Gasteiger charge is 2.06. The van der Waals surface area contributed by atoms with Gasteiger partial charge >= 0.3 is 0 Å². The summed E-state index contributed by atoms with van der Waals surface area (Å²) in [7, 11) is 0. The van der Waals surface area contributed by atoms with Crippen molar-refractivity contribution in [1.82, 2.24) is 0 Å². The predicted molar refractivity (Wildman–Crippen MR) is 52.4 cm³/mol. The fourth-order valence-electron chi connectivity index (χ4n) is 1.75. The lowest BCUT2D eigenvalue weighted by Crippen LogP contribution is -2.02. The fraction of sp³-hybridized carbons (Fsp3) is 0.273. The molecule has 1 heterocycles. The van der Waals surface area contributed by atoms with Gasteiger partial charge < -0.3 is 5.32 Å². The van der Waals surface area contributed by atoms with Crippen LogP contribution in [0.5, 0.6) is 0 Å². The first-order chi connectivity index (χ1) is 5.77. The second-order valence-corrected chi connectivity index (χ2v) is 3.37. The van der Waals surface area contributed by atoms with Gasteiger partial charge in [-0.2, -0.15) is 0 Å². The van der Waals surface area contributed by atoms with Gasteiger partial charge in [0.25, 0.3) is 0 Å². The summed E-state index contributed by atoms with van der Waals surface area (Å²) in [6.07, 6.45) is 5.23. The summed E-state index contributed by atoms with van der Waals surface area (Å²) in [5, 5.41) is 3.28. The Kier molecular flexibility index (Phi) is 1.65. The van der Waals surface area contributed by atoms with E-state index in [2.05, 4.69) is 37.4 Å². The van der Waals surface area contributed by atoms with Gasteiger partial charge in [-0.05, 0) is 37.6 Å². The number of hydrogen-bond donors (Lipinski definition) is 1. The Bertz CT molecular complexity index is 337. The molecule has 1 nitrogen and oxygen atoms in total. The van der Waals surface area contributed by atoms with E-state index in [0.29, 0.717) is 0 Å². The molecule has 1 aliphatic heterocycles. The molecule has 1 aliphatic rings. The molecular weight excluding hydrogens is 146 g/mol. The lowest BCUT2D eigenvalue weighted by atomic mass is 10.00. The summed E-state index contributed by atoms with van der Waals surface area (Å²) in [5.74, 6) is 0.